The van der Waals surface area contributed by atoms with Crippen LogP contribution in [0.25, 0.3) is 0 Å². The number of anilines is 1. The van der Waals surface area contributed by atoms with E-state index in [1.165, 1.54) is 11.4 Å². The van der Waals surface area contributed by atoms with Gasteiger partial charge < -0.3 is 10.1 Å². The van der Waals surface area contributed by atoms with Crippen LogP contribution < -0.4 is 14.4 Å². The van der Waals surface area contributed by atoms with Gasteiger partial charge in [0.1, 0.15) is 5.75 Å². The molecule has 170 valence electrons. The van der Waals surface area contributed by atoms with Gasteiger partial charge in [0, 0.05) is 35.1 Å². The number of sulfonamides is 1. The summed E-state index contributed by atoms with van der Waals surface area (Å²) in [6.07, 6.45) is 0.997. The van der Waals surface area contributed by atoms with Crippen LogP contribution in [0.4, 0.5) is 5.69 Å². The number of benzene rings is 2. The second-order valence-electron chi connectivity index (χ2n) is 6.78. The molecule has 0 aliphatic carbocycles. The number of carbonyl (C=O) groups is 1. The summed E-state index contributed by atoms with van der Waals surface area (Å²) < 4.78 is 30.2. The van der Waals surface area contributed by atoms with Crippen molar-refractivity contribution in [2.24, 2.45) is 0 Å². The lowest BCUT2D eigenvalue weighted by atomic mass is 10.2. The average molecular weight is 505 g/mol. The Kier molecular flexibility index (Phi) is 9.81. The summed E-state index contributed by atoms with van der Waals surface area (Å²) >= 11 is 14.0. The molecule has 0 aromatic heterocycles. The highest BCUT2D eigenvalue weighted by molar-refractivity contribution is 7.98. The molecular weight excluding hydrogens is 479 g/mol. The van der Waals surface area contributed by atoms with E-state index in [0.29, 0.717) is 46.0 Å². The number of thioether (sulfide) groups is 1. The molecule has 0 saturated heterocycles. The third-order valence-corrected chi connectivity index (χ3v) is 7.39. The van der Waals surface area contributed by atoms with Crippen LogP contribution in [0.1, 0.15) is 18.9 Å². The third-order valence-electron chi connectivity index (χ3n) is 4.49. The molecule has 0 saturated carbocycles. The Morgan fingerprint density at radius 1 is 1.16 bits per heavy atom. The molecule has 0 fully saturated rings. The minimum atomic E-state index is -3.34. The molecule has 2 rings (SSSR count). The molecule has 6 nitrogen and oxygen atoms in total. The lowest BCUT2D eigenvalue weighted by Crippen LogP contribution is -2.39. The van der Waals surface area contributed by atoms with Crippen molar-refractivity contribution in [2.75, 3.05) is 29.9 Å². The highest BCUT2D eigenvalue weighted by Gasteiger charge is 2.18. The van der Waals surface area contributed by atoms with E-state index in [1.807, 2.05) is 6.92 Å². The summed E-state index contributed by atoms with van der Waals surface area (Å²) in [6, 6.07) is 12.0. The highest BCUT2D eigenvalue weighted by Crippen LogP contribution is 2.28. The second-order valence-corrected chi connectivity index (χ2v) is 10.7. The Hall–Kier alpha value is -1.61. The van der Waals surface area contributed by atoms with Crippen molar-refractivity contribution in [3.63, 3.8) is 0 Å². The van der Waals surface area contributed by atoms with Crippen LogP contribution in [-0.4, -0.2) is 46.0 Å². The molecule has 0 spiro atoms. The van der Waals surface area contributed by atoms with Gasteiger partial charge in [0.05, 0.1) is 11.9 Å². The van der Waals surface area contributed by atoms with Crippen LogP contribution in [0.5, 0.6) is 5.75 Å². The fourth-order valence-electron chi connectivity index (χ4n) is 2.62. The zero-order valence-corrected chi connectivity index (χ0v) is 20.7. The largest absolute Gasteiger partial charge is 0.481 e. The van der Waals surface area contributed by atoms with Gasteiger partial charge in [0.15, 0.2) is 6.10 Å². The number of nitrogens with one attached hydrogen (secondary N) is 1. The van der Waals surface area contributed by atoms with Gasteiger partial charge in [-0.15, -0.1) is 0 Å². The predicted octanol–water partition coefficient (Wildman–Crippen LogP) is 4.60. The number of nitrogens with zero attached hydrogens (tertiary/aromatic N) is 1. The number of amides is 1. The predicted molar refractivity (Wildman–Crippen MR) is 130 cm³/mol. The molecule has 0 bridgehead atoms. The van der Waals surface area contributed by atoms with Crippen LogP contribution >= 0.6 is 35.0 Å². The smallest absolute Gasteiger partial charge is 0.261 e. The topological polar surface area (TPSA) is 75.7 Å². The molecule has 0 aliphatic heterocycles. The quantitative estimate of drug-likeness (QED) is 0.452. The maximum atomic E-state index is 12.5. The van der Waals surface area contributed by atoms with E-state index >= 15 is 0 Å². The number of hydrogen-bond donors (Lipinski definition) is 1. The van der Waals surface area contributed by atoms with Crippen LogP contribution in [0.3, 0.4) is 0 Å². The van der Waals surface area contributed by atoms with E-state index < -0.39 is 16.1 Å². The van der Waals surface area contributed by atoms with Gasteiger partial charge >= 0.3 is 0 Å². The first kappa shape index (κ1) is 25.6. The van der Waals surface area contributed by atoms with Gasteiger partial charge in [-0.2, -0.15) is 11.8 Å². The van der Waals surface area contributed by atoms with Crippen LogP contribution in [0.15, 0.2) is 42.5 Å². The Morgan fingerprint density at radius 2 is 1.77 bits per heavy atom. The highest BCUT2D eigenvalue weighted by atomic mass is 35.5. The number of halogens is 2. The van der Waals surface area contributed by atoms with Crippen molar-refractivity contribution in [2.45, 2.75) is 25.2 Å². The fourth-order valence-corrected chi connectivity index (χ4v) is 4.72. The number of carbonyl (C=O) groups excluding carboxylic acids is 1. The second kappa shape index (κ2) is 11.9. The molecule has 2 aromatic carbocycles. The van der Waals surface area contributed by atoms with Crippen molar-refractivity contribution >= 4 is 56.6 Å². The number of ether oxygens (including phenoxy) is 1. The Bertz CT molecular complexity index is 965. The van der Waals surface area contributed by atoms with E-state index in [-0.39, 0.29) is 5.91 Å². The monoisotopic (exact) mass is 504 g/mol. The van der Waals surface area contributed by atoms with Gasteiger partial charge in [-0.25, -0.2) is 8.42 Å². The van der Waals surface area contributed by atoms with Gasteiger partial charge in [0.2, 0.25) is 10.0 Å². The zero-order valence-electron chi connectivity index (χ0n) is 17.6. The summed E-state index contributed by atoms with van der Waals surface area (Å²) in [5.74, 6) is 1.67. The van der Waals surface area contributed by atoms with Crippen molar-refractivity contribution in [1.82, 2.24) is 5.32 Å². The van der Waals surface area contributed by atoms with Crippen molar-refractivity contribution in [3.05, 3.63) is 58.1 Å². The summed E-state index contributed by atoms with van der Waals surface area (Å²) in [5.41, 5.74) is 1.41. The van der Waals surface area contributed by atoms with Crippen molar-refractivity contribution < 1.29 is 17.9 Å². The van der Waals surface area contributed by atoms with Crippen molar-refractivity contribution in [3.8, 4) is 5.75 Å². The Labute approximate surface area is 198 Å². The summed E-state index contributed by atoms with van der Waals surface area (Å²) in [5, 5.41) is 4.15. The number of hydrogen-bond acceptors (Lipinski definition) is 5. The standard InChI is InChI=1S/C21H26Cl2N2O4S2/c1-4-20(29-16-10-8-15(9-11-16)25(2)31(3,27)28)21(26)24-12-13-30-14-17-18(22)6-5-7-19(17)23/h5-11,20H,4,12-14H2,1-3H3,(H,24,26). The maximum Gasteiger partial charge on any atom is 0.261 e. The lowest BCUT2D eigenvalue weighted by molar-refractivity contribution is -0.127. The molecular formula is C21H26Cl2N2O4S2. The molecule has 0 heterocycles. The van der Waals surface area contributed by atoms with E-state index in [2.05, 4.69) is 5.32 Å². The van der Waals surface area contributed by atoms with Gasteiger partial charge in [-0.05, 0) is 48.4 Å². The maximum absolute atomic E-state index is 12.5. The Morgan fingerprint density at radius 3 is 2.32 bits per heavy atom. The first-order chi connectivity index (χ1) is 14.6. The minimum absolute atomic E-state index is 0.198. The van der Waals surface area contributed by atoms with Gasteiger partial charge in [-0.3, -0.25) is 9.10 Å². The summed E-state index contributed by atoms with van der Waals surface area (Å²) in [6.45, 7) is 2.35. The summed E-state index contributed by atoms with van der Waals surface area (Å²) in [4.78, 5) is 12.5. The molecule has 1 N–H and O–H groups in total. The average Bonchev–Trinajstić information content (AvgIpc) is 2.72. The zero-order chi connectivity index (χ0) is 23.0. The molecule has 1 unspecified atom stereocenters. The molecule has 0 radical (unpaired) electrons. The normalized spacial score (nSPS) is 12.3. The van der Waals surface area contributed by atoms with E-state index in [4.69, 9.17) is 27.9 Å². The van der Waals surface area contributed by atoms with Crippen LogP contribution in [0.2, 0.25) is 10.0 Å². The SMILES string of the molecule is CCC(Oc1ccc(N(C)S(C)(=O)=O)cc1)C(=O)NCCSCc1c(Cl)cccc1Cl. The van der Waals surface area contributed by atoms with Crippen LogP contribution in [-0.2, 0) is 20.6 Å². The van der Waals surface area contributed by atoms with Crippen LogP contribution in [0, 0.1) is 0 Å². The van der Waals surface area contributed by atoms with E-state index in [9.17, 15) is 13.2 Å². The first-order valence-electron chi connectivity index (χ1n) is 9.62. The first-order valence-corrected chi connectivity index (χ1v) is 13.4. The minimum Gasteiger partial charge on any atom is -0.481 e. The van der Waals surface area contributed by atoms with Gasteiger partial charge in [0.25, 0.3) is 5.91 Å². The molecule has 2 aromatic rings. The van der Waals surface area contributed by atoms with Crippen molar-refractivity contribution in [1.29, 1.82) is 0 Å². The van der Waals surface area contributed by atoms with E-state index in [1.54, 1.807) is 54.2 Å². The van der Waals surface area contributed by atoms with Gasteiger partial charge in [-0.1, -0.05) is 36.2 Å². The molecule has 1 amide bonds. The molecule has 0 aliphatic rings. The molecule has 10 heteroatoms. The third kappa shape index (κ3) is 7.79. The molecule has 31 heavy (non-hydrogen) atoms. The number of rotatable bonds is 11. The molecule has 1 atom stereocenters. The fraction of sp³-hybridized carbons (Fsp3) is 0.381. The Balaban J connectivity index is 1.81. The lowest BCUT2D eigenvalue weighted by Gasteiger charge is -2.19. The summed E-state index contributed by atoms with van der Waals surface area (Å²) in [7, 11) is -1.86. The van der Waals surface area contributed by atoms with E-state index in [0.717, 1.165) is 11.8 Å².